The highest BCUT2D eigenvalue weighted by Gasteiger charge is 2.24. The molecule has 0 aromatic heterocycles. The fraction of sp³-hybridized carbons (Fsp3) is 1.00. The Labute approximate surface area is 106 Å². The summed E-state index contributed by atoms with van der Waals surface area (Å²) in [6, 6.07) is 0. The van der Waals surface area contributed by atoms with E-state index in [4.69, 9.17) is 9.84 Å². The zero-order valence-corrected chi connectivity index (χ0v) is 11.7. The fourth-order valence-corrected chi connectivity index (χ4v) is 3.06. The molecule has 1 rings (SSSR count). The summed E-state index contributed by atoms with van der Waals surface area (Å²) >= 11 is 4.15. The molecule has 0 aromatic rings. The van der Waals surface area contributed by atoms with Crippen molar-refractivity contribution in [2.75, 3.05) is 19.8 Å². The minimum absolute atomic E-state index is 0.144. The molecule has 16 heavy (non-hydrogen) atoms. The van der Waals surface area contributed by atoms with Crippen LogP contribution in [-0.4, -0.2) is 31.0 Å². The van der Waals surface area contributed by atoms with E-state index < -0.39 is 0 Å². The SMILES string of the molecule is OCCOC1CCCCC1CCCNPS. The second kappa shape index (κ2) is 9.67. The molecule has 0 aromatic carbocycles. The van der Waals surface area contributed by atoms with Crippen LogP contribution in [0.15, 0.2) is 0 Å². The van der Waals surface area contributed by atoms with Gasteiger partial charge in [0.25, 0.3) is 0 Å². The van der Waals surface area contributed by atoms with E-state index in [1.165, 1.54) is 38.5 Å². The van der Waals surface area contributed by atoms with E-state index in [0.717, 1.165) is 6.54 Å². The molecule has 0 amide bonds. The van der Waals surface area contributed by atoms with Gasteiger partial charge in [-0.15, -0.1) is 12.2 Å². The third kappa shape index (κ3) is 5.83. The lowest BCUT2D eigenvalue weighted by Gasteiger charge is -2.31. The van der Waals surface area contributed by atoms with Crippen LogP contribution < -0.4 is 5.09 Å². The van der Waals surface area contributed by atoms with Crippen LogP contribution in [0.5, 0.6) is 0 Å². The number of hydrogen-bond donors (Lipinski definition) is 3. The highest BCUT2D eigenvalue weighted by atomic mass is 32.7. The molecule has 0 radical (unpaired) electrons. The number of nitrogens with one attached hydrogen (secondary N) is 1. The summed E-state index contributed by atoms with van der Waals surface area (Å²) in [5.74, 6) is 0.699. The Kier molecular flexibility index (Phi) is 8.89. The van der Waals surface area contributed by atoms with Crippen LogP contribution in [0.4, 0.5) is 0 Å². The van der Waals surface area contributed by atoms with Crippen LogP contribution in [-0.2, 0) is 4.74 Å². The maximum Gasteiger partial charge on any atom is 0.0701 e. The lowest BCUT2D eigenvalue weighted by atomic mass is 9.83. The van der Waals surface area contributed by atoms with Crippen molar-refractivity contribution in [1.82, 2.24) is 5.09 Å². The fourth-order valence-electron chi connectivity index (χ4n) is 2.44. The van der Waals surface area contributed by atoms with Crippen molar-refractivity contribution in [1.29, 1.82) is 0 Å². The van der Waals surface area contributed by atoms with Crippen LogP contribution >= 0.6 is 20.2 Å². The van der Waals surface area contributed by atoms with Crippen molar-refractivity contribution in [3.63, 3.8) is 0 Å². The summed E-state index contributed by atoms with van der Waals surface area (Å²) < 4.78 is 5.72. The van der Waals surface area contributed by atoms with Gasteiger partial charge in [-0.1, -0.05) is 12.8 Å². The number of hydrogen-bond acceptors (Lipinski definition) is 4. The molecule has 3 nitrogen and oxygen atoms in total. The Bertz CT molecular complexity index is 174. The smallest absolute Gasteiger partial charge is 0.0701 e. The summed E-state index contributed by atoms with van der Waals surface area (Å²) in [5, 5.41) is 12.0. The van der Waals surface area contributed by atoms with Crippen molar-refractivity contribution >= 4 is 20.2 Å². The first kappa shape index (κ1) is 14.7. The molecule has 3 unspecified atom stereocenters. The predicted molar refractivity (Wildman–Crippen MR) is 73.3 cm³/mol. The molecule has 0 heterocycles. The van der Waals surface area contributed by atoms with Crippen LogP contribution in [0.25, 0.3) is 0 Å². The molecule has 1 aliphatic rings. The zero-order chi connectivity index (χ0) is 11.6. The Morgan fingerprint density at radius 3 is 2.94 bits per heavy atom. The Morgan fingerprint density at radius 1 is 1.38 bits per heavy atom. The first-order valence-electron chi connectivity index (χ1n) is 6.23. The second-order valence-corrected chi connectivity index (χ2v) is 5.61. The Hall–Kier alpha value is 0.660. The van der Waals surface area contributed by atoms with E-state index in [1.54, 1.807) is 0 Å². The second-order valence-electron chi connectivity index (χ2n) is 4.36. The van der Waals surface area contributed by atoms with E-state index in [1.807, 2.05) is 0 Å². The number of rotatable bonds is 8. The van der Waals surface area contributed by atoms with E-state index in [0.29, 0.717) is 26.6 Å². The number of ether oxygens (including phenoxy) is 1. The molecule has 0 saturated heterocycles. The lowest BCUT2D eigenvalue weighted by Crippen LogP contribution is -2.29. The molecule has 2 N–H and O–H groups in total. The molecule has 0 aliphatic heterocycles. The van der Waals surface area contributed by atoms with Gasteiger partial charge in [0, 0.05) is 7.93 Å². The third-order valence-corrected chi connectivity index (χ3v) is 4.10. The average molecular weight is 265 g/mol. The van der Waals surface area contributed by atoms with Crippen LogP contribution in [0.3, 0.4) is 0 Å². The van der Waals surface area contributed by atoms with Gasteiger partial charge in [0.2, 0.25) is 0 Å². The molecular formula is C11H24NO2PS. The molecule has 3 atom stereocenters. The van der Waals surface area contributed by atoms with Gasteiger partial charge in [-0.05, 0) is 38.1 Å². The topological polar surface area (TPSA) is 41.5 Å². The highest BCUT2D eigenvalue weighted by Crippen LogP contribution is 2.30. The number of thiol groups is 1. The monoisotopic (exact) mass is 265 g/mol. The number of aliphatic hydroxyl groups excluding tert-OH is 1. The van der Waals surface area contributed by atoms with Gasteiger partial charge in [-0.2, -0.15) is 0 Å². The molecule has 5 heteroatoms. The summed E-state index contributed by atoms with van der Waals surface area (Å²) in [7, 11) is 0.551. The van der Waals surface area contributed by atoms with Crippen LogP contribution in [0.1, 0.15) is 38.5 Å². The number of aliphatic hydroxyl groups is 1. The first-order valence-corrected chi connectivity index (χ1v) is 8.51. The zero-order valence-electron chi connectivity index (χ0n) is 9.82. The first-order chi connectivity index (χ1) is 7.88. The standard InChI is InChI=1S/C11H24NO2PS/c13-8-9-14-11-6-2-1-4-10(11)5-3-7-12-15-16/h10-13,15-16H,1-9H2. The van der Waals surface area contributed by atoms with E-state index in [2.05, 4.69) is 17.3 Å². The Balaban J connectivity index is 2.18. The lowest BCUT2D eigenvalue weighted by molar-refractivity contribution is -0.0275. The van der Waals surface area contributed by atoms with Crippen LogP contribution in [0, 0.1) is 5.92 Å². The molecule has 0 spiro atoms. The average Bonchev–Trinajstić information content (AvgIpc) is 2.33. The summed E-state index contributed by atoms with van der Waals surface area (Å²) in [6.45, 7) is 1.70. The van der Waals surface area contributed by atoms with Crippen LogP contribution in [0.2, 0.25) is 0 Å². The van der Waals surface area contributed by atoms with Crippen molar-refractivity contribution in [3.05, 3.63) is 0 Å². The third-order valence-electron chi connectivity index (χ3n) is 3.22. The van der Waals surface area contributed by atoms with Crippen molar-refractivity contribution in [2.24, 2.45) is 5.92 Å². The molecule has 0 bridgehead atoms. The summed E-state index contributed by atoms with van der Waals surface area (Å²) in [4.78, 5) is 0. The largest absolute Gasteiger partial charge is 0.394 e. The minimum atomic E-state index is 0.144. The predicted octanol–water partition coefficient (Wildman–Crippen LogP) is 2.36. The van der Waals surface area contributed by atoms with Crippen molar-refractivity contribution < 1.29 is 9.84 Å². The van der Waals surface area contributed by atoms with Crippen molar-refractivity contribution in [3.8, 4) is 0 Å². The van der Waals surface area contributed by atoms with Crippen molar-refractivity contribution in [2.45, 2.75) is 44.6 Å². The van der Waals surface area contributed by atoms with Gasteiger partial charge < -0.3 is 9.84 Å². The normalized spacial score (nSPS) is 26.6. The molecule has 1 saturated carbocycles. The van der Waals surface area contributed by atoms with E-state index >= 15 is 0 Å². The maximum atomic E-state index is 8.79. The van der Waals surface area contributed by atoms with Gasteiger partial charge in [-0.3, -0.25) is 5.09 Å². The van der Waals surface area contributed by atoms with Gasteiger partial charge in [-0.25, -0.2) is 0 Å². The molecule has 96 valence electrons. The minimum Gasteiger partial charge on any atom is -0.394 e. The summed E-state index contributed by atoms with van der Waals surface area (Å²) in [6.07, 6.45) is 7.91. The van der Waals surface area contributed by atoms with Gasteiger partial charge in [0.1, 0.15) is 0 Å². The van der Waals surface area contributed by atoms with E-state index in [9.17, 15) is 0 Å². The molecular weight excluding hydrogens is 241 g/mol. The maximum absolute atomic E-state index is 8.79. The van der Waals surface area contributed by atoms with Gasteiger partial charge in [0.05, 0.1) is 19.3 Å². The van der Waals surface area contributed by atoms with Gasteiger partial charge >= 0.3 is 0 Å². The molecule has 1 aliphatic carbocycles. The quantitative estimate of drug-likeness (QED) is 0.358. The summed E-state index contributed by atoms with van der Waals surface area (Å²) in [5.41, 5.74) is 0. The highest BCUT2D eigenvalue weighted by molar-refractivity contribution is 8.37. The Morgan fingerprint density at radius 2 is 2.19 bits per heavy atom. The molecule has 1 fully saturated rings. The van der Waals surface area contributed by atoms with E-state index in [-0.39, 0.29) is 6.61 Å². The van der Waals surface area contributed by atoms with Gasteiger partial charge in [0.15, 0.2) is 0 Å².